The maximum atomic E-state index is 4.90. The number of hydrogen-bond acceptors (Lipinski definition) is 2. The van der Waals surface area contributed by atoms with Gasteiger partial charge < -0.3 is 4.40 Å². The fourth-order valence-corrected chi connectivity index (χ4v) is 2.67. The first-order chi connectivity index (χ1) is 9.68. The summed E-state index contributed by atoms with van der Waals surface area (Å²) in [7, 11) is 6.67. The molecule has 0 radical (unpaired) electrons. The van der Waals surface area contributed by atoms with Gasteiger partial charge in [0.15, 0.2) is 0 Å². The van der Waals surface area contributed by atoms with E-state index in [0.29, 0.717) is 0 Å². The summed E-state index contributed by atoms with van der Waals surface area (Å²) >= 11 is 0. The molecule has 0 aliphatic rings. The van der Waals surface area contributed by atoms with Crippen molar-refractivity contribution >= 4 is 40.1 Å². The predicted molar refractivity (Wildman–Crippen MR) is 96.5 cm³/mol. The minimum Gasteiger partial charge on any atom is -0.305 e. The van der Waals surface area contributed by atoms with E-state index in [4.69, 9.17) is 4.98 Å². The summed E-state index contributed by atoms with van der Waals surface area (Å²) in [6.45, 7) is 6.58. The van der Waals surface area contributed by atoms with Crippen LogP contribution < -0.4 is 0 Å². The zero-order valence-corrected chi connectivity index (χ0v) is 13.7. The van der Waals surface area contributed by atoms with Crippen molar-refractivity contribution < 1.29 is 0 Å². The van der Waals surface area contributed by atoms with Gasteiger partial charge in [-0.25, -0.2) is 4.98 Å². The van der Waals surface area contributed by atoms with E-state index in [2.05, 4.69) is 71.9 Å². The van der Waals surface area contributed by atoms with E-state index in [1.54, 1.807) is 0 Å². The largest absolute Gasteiger partial charge is 0.305 e. The predicted octanol–water partition coefficient (Wildman–Crippen LogP) is 0.190. The van der Waals surface area contributed by atoms with E-state index >= 15 is 0 Å². The third-order valence-corrected chi connectivity index (χ3v) is 3.88. The maximum absolute atomic E-state index is 4.90. The van der Waals surface area contributed by atoms with E-state index < -0.39 is 0 Å². The fourth-order valence-electron chi connectivity index (χ4n) is 2.67. The molecule has 0 unspecified atom stereocenters. The smallest absolute Gasteiger partial charge is 0.146 e. The lowest BCUT2D eigenvalue weighted by atomic mass is 9.41. The summed E-state index contributed by atoms with van der Waals surface area (Å²) in [5.41, 5.74) is 4.43. The van der Waals surface area contributed by atoms with Gasteiger partial charge in [-0.2, -0.15) is 0 Å². The molecule has 6 heteroatoms. The minimum atomic E-state index is 0.0482. The van der Waals surface area contributed by atoms with Crippen LogP contribution in [0.25, 0.3) is 16.6 Å². The highest BCUT2D eigenvalue weighted by atomic mass is 15.0. The lowest BCUT2D eigenvalue weighted by Crippen LogP contribution is -2.29. The molecule has 0 bridgehead atoms. The van der Waals surface area contributed by atoms with Gasteiger partial charge in [-0.05, 0) is 18.2 Å². The third kappa shape index (κ3) is 2.37. The van der Waals surface area contributed by atoms with E-state index in [9.17, 15) is 0 Å². The monoisotopic (exact) mass is 275 g/mol. The first-order valence-corrected chi connectivity index (χ1v) is 7.46. The van der Waals surface area contributed by atoms with E-state index in [-0.39, 0.29) is 10.5 Å². The first-order valence-electron chi connectivity index (χ1n) is 7.46. The molecular formula is C15H20B3N3. The van der Waals surface area contributed by atoms with Crippen molar-refractivity contribution in [3.8, 4) is 0 Å². The van der Waals surface area contributed by atoms with Crippen molar-refractivity contribution in [1.82, 2.24) is 14.4 Å². The van der Waals surface area contributed by atoms with E-state index in [0.717, 1.165) is 22.2 Å². The average molecular weight is 275 g/mol. The Morgan fingerprint density at radius 2 is 1.81 bits per heavy atom. The van der Waals surface area contributed by atoms with Gasteiger partial charge in [-0.3, -0.25) is 4.98 Å². The maximum Gasteiger partial charge on any atom is 0.146 e. The Morgan fingerprint density at radius 3 is 2.43 bits per heavy atom. The first kappa shape index (κ1) is 14.2. The van der Waals surface area contributed by atoms with Gasteiger partial charge in [-0.15, -0.1) is 0 Å². The molecular weight excluding hydrogens is 255 g/mol. The van der Waals surface area contributed by atoms with Crippen molar-refractivity contribution in [3.05, 3.63) is 42.0 Å². The second kappa shape index (κ2) is 4.39. The Balaban J connectivity index is 2.40. The molecule has 0 aliphatic carbocycles. The van der Waals surface area contributed by atoms with Crippen LogP contribution in [0.1, 0.15) is 32.2 Å². The highest BCUT2D eigenvalue weighted by molar-refractivity contribution is 6.58. The van der Waals surface area contributed by atoms with Gasteiger partial charge >= 0.3 is 0 Å². The quantitative estimate of drug-likeness (QED) is 0.593. The Bertz CT molecular complexity index is 826. The molecule has 0 saturated carbocycles. The van der Waals surface area contributed by atoms with Crippen molar-refractivity contribution in [2.24, 2.45) is 0 Å². The van der Waals surface area contributed by atoms with Gasteiger partial charge in [-0.1, -0.05) is 25.9 Å². The lowest BCUT2D eigenvalue weighted by Gasteiger charge is -2.23. The molecule has 0 spiro atoms. The molecule has 3 aromatic heterocycles. The average Bonchev–Trinajstić information content (AvgIpc) is 2.83. The molecule has 21 heavy (non-hydrogen) atoms. The van der Waals surface area contributed by atoms with Crippen molar-refractivity contribution in [3.63, 3.8) is 0 Å². The van der Waals surface area contributed by atoms with Gasteiger partial charge in [0.05, 0.1) is 29.1 Å². The minimum absolute atomic E-state index is 0.0482. The number of fused-ring (bicyclic) bond motifs is 3. The molecule has 0 atom stereocenters. The normalized spacial score (nSPS) is 13.1. The second-order valence-electron chi connectivity index (χ2n) is 7.78. The molecule has 0 aliphatic heterocycles. The SMILES string of the molecule is BC(B)(B)c1cc2nc(C(C)(C)C)ccc2c2nccn12. The van der Waals surface area contributed by atoms with Crippen LogP contribution in [0.4, 0.5) is 0 Å². The highest BCUT2D eigenvalue weighted by Gasteiger charge is 2.21. The van der Waals surface area contributed by atoms with Crippen LogP contribution in [0.5, 0.6) is 0 Å². The highest BCUT2D eigenvalue weighted by Crippen LogP contribution is 2.27. The van der Waals surface area contributed by atoms with Crippen molar-refractivity contribution in [1.29, 1.82) is 0 Å². The molecule has 3 rings (SSSR count). The lowest BCUT2D eigenvalue weighted by molar-refractivity contribution is 0.571. The number of imidazole rings is 1. The van der Waals surface area contributed by atoms with Crippen LogP contribution in [-0.2, 0) is 10.5 Å². The number of aromatic nitrogens is 3. The molecule has 104 valence electrons. The number of rotatable bonds is 1. The van der Waals surface area contributed by atoms with E-state index in [1.807, 2.05) is 12.4 Å². The topological polar surface area (TPSA) is 30.2 Å². The van der Waals surface area contributed by atoms with Crippen molar-refractivity contribution in [2.75, 3.05) is 0 Å². The summed E-state index contributed by atoms with van der Waals surface area (Å²) in [4.78, 5) is 9.43. The van der Waals surface area contributed by atoms with Gasteiger partial charge in [0, 0.05) is 34.6 Å². The zero-order chi connectivity index (χ0) is 15.4. The van der Waals surface area contributed by atoms with Gasteiger partial charge in [0.2, 0.25) is 0 Å². The van der Waals surface area contributed by atoms with Crippen molar-refractivity contribution in [2.45, 2.75) is 31.3 Å². The molecule has 0 N–H and O–H groups in total. The number of pyridine rings is 2. The van der Waals surface area contributed by atoms with Crippen LogP contribution >= 0.6 is 0 Å². The van der Waals surface area contributed by atoms with Gasteiger partial charge in [0.25, 0.3) is 0 Å². The Morgan fingerprint density at radius 1 is 1.10 bits per heavy atom. The summed E-state index contributed by atoms with van der Waals surface area (Å²) in [5, 5.41) is 1.16. The molecule has 0 aromatic carbocycles. The molecule has 3 heterocycles. The third-order valence-electron chi connectivity index (χ3n) is 3.88. The summed E-state index contributed by atoms with van der Waals surface area (Å²) in [5.74, 6) is 0. The van der Waals surface area contributed by atoms with E-state index in [1.165, 1.54) is 5.69 Å². The molecule has 0 fully saturated rings. The molecule has 3 nitrogen and oxygen atoms in total. The molecule has 0 amide bonds. The Kier molecular flexibility index (Phi) is 2.98. The second-order valence-corrected chi connectivity index (χ2v) is 7.78. The van der Waals surface area contributed by atoms with Crippen LogP contribution in [0.3, 0.4) is 0 Å². The number of nitrogens with zero attached hydrogens (tertiary/aromatic N) is 3. The van der Waals surface area contributed by atoms with Crippen LogP contribution in [0.15, 0.2) is 30.6 Å². The summed E-state index contributed by atoms with van der Waals surface area (Å²) in [6, 6.07) is 6.48. The zero-order valence-electron chi connectivity index (χ0n) is 13.7. The Labute approximate surface area is 128 Å². The Hall–Kier alpha value is -1.71. The van der Waals surface area contributed by atoms with Crippen LogP contribution in [0.2, 0.25) is 0 Å². The number of hydrogen-bond donors (Lipinski definition) is 0. The molecule has 3 aromatic rings. The van der Waals surface area contributed by atoms with Crippen LogP contribution in [0, 0.1) is 0 Å². The fraction of sp³-hybridized carbons (Fsp3) is 0.333. The van der Waals surface area contributed by atoms with Gasteiger partial charge in [0.1, 0.15) is 5.65 Å². The molecule has 0 saturated heterocycles. The standard InChI is InChI=1S/C15H20B3N3/c1-14(2,3)11-5-4-9-10(20-11)8-12(15(16,17)18)21-7-6-19-13(9)21/h4-8H,16-18H2,1-3H3. The van der Waals surface area contributed by atoms with Crippen LogP contribution in [-0.4, -0.2) is 37.9 Å². The summed E-state index contributed by atoms with van der Waals surface area (Å²) in [6.07, 6.45) is 3.90. The summed E-state index contributed by atoms with van der Waals surface area (Å²) < 4.78 is 2.18.